The van der Waals surface area contributed by atoms with Gasteiger partial charge in [0.05, 0.1) is 5.69 Å². The van der Waals surface area contributed by atoms with Gasteiger partial charge in [0.25, 0.3) is 0 Å². The minimum Gasteiger partial charge on any atom is -0.368 e. The van der Waals surface area contributed by atoms with Crippen LogP contribution in [0.3, 0.4) is 0 Å². The van der Waals surface area contributed by atoms with Crippen molar-refractivity contribution in [2.24, 2.45) is 0 Å². The molecule has 1 saturated heterocycles. The van der Waals surface area contributed by atoms with Crippen LogP contribution in [-0.2, 0) is 0 Å². The number of hydrogen-bond donors (Lipinski definition) is 1. The molecule has 1 N–H and O–H groups in total. The Balaban J connectivity index is 1.56. The number of carbonyl (C=O) groups is 1. The molecule has 2 amide bonds. The number of hydrogen-bond acceptors (Lipinski definition) is 2. The molecular formula is C20H24FN3O. The number of halogens is 1. The number of urea groups is 1. The maximum atomic E-state index is 13.6. The van der Waals surface area contributed by atoms with Crippen LogP contribution in [0, 0.1) is 5.82 Å². The van der Waals surface area contributed by atoms with Crippen molar-refractivity contribution in [1.82, 2.24) is 4.90 Å². The molecule has 0 aromatic heterocycles. The molecule has 0 saturated carbocycles. The van der Waals surface area contributed by atoms with E-state index < -0.39 is 5.82 Å². The molecule has 0 atom stereocenters. The summed E-state index contributed by atoms with van der Waals surface area (Å²) in [7, 11) is 0. The van der Waals surface area contributed by atoms with Gasteiger partial charge in [-0.2, -0.15) is 0 Å². The van der Waals surface area contributed by atoms with Crippen LogP contribution in [0.5, 0.6) is 0 Å². The highest BCUT2D eigenvalue weighted by Crippen LogP contribution is 2.21. The fraction of sp³-hybridized carbons (Fsp3) is 0.350. The van der Waals surface area contributed by atoms with Gasteiger partial charge in [0, 0.05) is 31.9 Å². The zero-order valence-electron chi connectivity index (χ0n) is 14.7. The predicted molar refractivity (Wildman–Crippen MR) is 99.7 cm³/mol. The lowest BCUT2D eigenvalue weighted by molar-refractivity contribution is 0.208. The molecule has 25 heavy (non-hydrogen) atoms. The van der Waals surface area contributed by atoms with Gasteiger partial charge in [0.15, 0.2) is 0 Å². The molecule has 3 rings (SSSR count). The van der Waals surface area contributed by atoms with Crippen molar-refractivity contribution < 1.29 is 9.18 Å². The third-order valence-electron chi connectivity index (χ3n) is 4.61. The molecule has 1 fully saturated rings. The van der Waals surface area contributed by atoms with Crippen LogP contribution in [-0.4, -0.2) is 37.1 Å². The van der Waals surface area contributed by atoms with E-state index in [0.717, 1.165) is 13.1 Å². The molecule has 4 nitrogen and oxygen atoms in total. The highest BCUT2D eigenvalue weighted by Gasteiger charge is 2.22. The topological polar surface area (TPSA) is 35.6 Å². The Morgan fingerprint density at radius 3 is 2.24 bits per heavy atom. The van der Waals surface area contributed by atoms with Crippen LogP contribution >= 0.6 is 0 Å². The van der Waals surface area contributed by atoms with Crippen molar-refractivity contribution in [3.63, 3.8) is 0 Å². The van der Waals surface area contributed by atoms with Gasteiger partial charge in [-0.1, -0.05) is 38.1 Å². The highest BCUT2D eigenvalue weighted by atomic mass is 19.1. The van der Waals surface area contributed by atoms with E-state index in [1.54, 1.807) is 23.1 Å². The average Bonchev–Trinajstić information content (AvgIpc) is 2.64. The Bertz CT molecular complexity index is 722. The summed E-state index contributed by atoms with van der Waals surface area (Å²) in [6, 6.07) is 14.6. The lowest BCUT2D eigenvalue weighted by Crippen LogP contribution is -2.50. The smallest absolute Gasteiger partial charge is 0.322 e. The summed E-state index contributed by atoms with van der Waals surface area (Å²) in [5, 5.41) is 2.65. The predicted octanol–water partition coefficient (Wildman–Crippen LogP) is 4.30. The Labute approximate surface area is 148 Å². The summed E-state index contributed by atoms with van der Waals surface area (Å²) in [5.74, 6) is 0.104. The summed E-state index contributed by atoms with van der Waals surface area (Å²) in [4.78, 5) is 16.3. The van der Waals surface area contributed by atoms with Gasteiger partial charge < -0.3 is 15.1 Å². The van der Waals surface area contributed by atoms with E-state index in [0.29, 0.717) is 19.0 Å². The number of nitrogens with zero attached hydrogens (tertiary/aromatic N) is 2. The molecule has 0 unspecified atom stereocenters. The second-order valence-electron chi connectivity index (χ2n) is 6.63. The van der Waals surface area contributed by atoms with Gasteiger partial charge in [0.2, 0.25) is 0 Å². The van der Waals surface area contributed by atoms with Crippen molar-refractivity contribution in [3.05, 3.63) is 59.9 Å². The Kier molecular flexibility index (Phi) is 5.22. The lowest BCUT2D eigenvalue weighted by atomic mass is 10.0. The summed E-state index contributed by atoms with van der Waals surface area (Å²) in [6.07, 6.45) is 0. The molecule has 0 spiro atoms. The summed E-state index contributed by atoms with van der Waals surface area (Å²) in [5.41, 5.74) is 2.73. The van der Waals surface area contributed by atoms with E-state index in [1.807, 2.05) is 0 Å². The molecule has 1 aliphatic rings. The molecular weight excluding hydrogens is 317 g/mol. The number of benzene rings is 2. The van der Waals surface area contributed by atoms with Crippen molar-refractivity contribution in [1.29, 1.82) is 0 Å². The largest absolute Gasteiger partial charge is 0.368 e. The van der Waals surface area contributed by atoms with E-state index in [-0.39, 0.29) is 11.7 Å². The standard InChI is InChI=1S/C20H24FN3O/c1-15(2)16-7-9-17(10-8-16)23-11-13-24(14-12-23)20(25)22-19-6-4-3-5-18(19)21/h3-10,15H,11-14H2,1-2H3,(H,22,25). The third kappa shape index (κ3) is 4.10. The highest BCUT2D eigenvalue weighted by molar-refractivity contribution is 5.89. The first kappa shape index (κ1) is 17.3. The van der Waals surface area contributed by atoms with Gasteiger partial charge in [-0.15, -0.1) is 0 Å². The van der Waals surface area contributed by atoms with E-state index in [9.17, 15) is 9.18 Å². The molecule has 132 valence electrons. The lowest BCUT2D eigenvalue weighted by Gasteiger charge is -2.36. The van der Waals surface area contributed by atoms with Crippen molar-refractivity contribution in [3.8, 4) is 0 Å². The van der Waals surface area contributed by atoms with Crippen LogP contribution in [0.4, 0.5) is 20.6 Å². The quantitative estimate of drug-likeness (QED) is 0.903. The minimum atomic E-state index is -0.417. The number of nitrogens with one attached hydrogen (secondary N) is 1. The first-order valence-electron chi connectivity index (χ1n) is 8.70. The van der Waals surface area contributed by atoms with Crippen molar-refractivity contribution in [2.75, 3.05) is 36.4 Å². The van der Waals surface area contributed by atoms with E-state index >= 15 is 0 Å². The molecule has 0 bridgehead atoms. The van der Waals surface area contributed by atoms with Gasteiger partial charge in [-0.3, -0.25) is 0 Å². The van der Waals surface area contributed by atoms with Gasteiger partial charge >= 0.3 is 6.03 Å². The zero-order valence-corrected chi connectivity index (χ0v) is 14.7. The minimum absolute atomic E-state index is 0.221. The second kappa shape index (κ2) is 7.55. The first-order valence-corrected chi connectivity index (χ1v) is 8.70. The SMILES string of the molecule is CC(C)c1ccc(N2CCN(C(=O)Nc3ccccc3F)CC2)cc1. The Morgan fingerprint density at radius 2 is 1.64 bits per heavy atom. The number of rotatable bonds is 3. The van der Waals surface area contributed by atoms with Gasteiger partial charge in [0.1, 0.15) is 5.82 Å². The third-order valence-corrected chi connectivity index (χ3v) is 4.61. The fourth-order valence-electron chi connectivity index (χ4n) is 2.99. The van der Waals surface area contributed by atoms with E-state index in [4.69, 9.17) is 0 Å². The number of anilines is 2. The molecule has 1 heterocycles. The molecule has 1 aliphatic heterocycles. The Morgan fingerprint density at radius 1 is 1.00 bits per heavy atom. The second-order valence-corrected chi connectivity index (χ2v) is 6.63. The van der Waals surface area contributed by atoms with Gasteiger partial charge in [-0.05, 0) is 35.7 Å². The first-order chi connectivity index (χ1) is 12.0. The number of carbonyl (C=O) groups excluding carboxylic acids is 1. The summed E-state index contributed by atoms with van der Waals surface area (Å²) < 4.78 is 13.6. The Hall–Kier alpha value is -2.56. The monoisotopic (exact) mass is 341 g/mol. The maximum absolute atomic E-state index is 13.6. The van der Waals surface area contributed by atoms with Crippen LogP contribution < -0.4 is 10.2 Å². The maximum Gasteiger partial charge on any atom is 0.322 e. The van der Waals surface area contributed by atoms with Crippen LogP contribution in [0.25, 0.3) is 0 Å². The molecule has 5 heteroatoms. The van der Waals surface area contributed by atoms with E-state index in [2.05, 4.69) is 48.3 Å². The van der Waals surface area contributed by atoms with Crippen molar-refractivity contribution >= 4 is 17.4 Å². The van der Waals surface area contributed by atoms with Crippen molar-refractivity contribution in [2.45, 2.75) is 19.8 Å². The summed E-state index contributed by atoms with van der Waals surface area (Å²) in [6.45, 7) is 7.14. The summed E-state index contributed by atoms with van der Waals surface area (Å²) >= 11 is 0. The van der Waals surface area contributed by atoms with Crippen LogP contribution in [0.15, 0.2) is 48.5 Å². The number of amides is 2. The van der Waals surface area contributed by atoms with Gasteiger partial charge in [-0.25, -0.2) is 9.18 Å². The molecule has 0 radical (unpaired) electrons. The zero-order chi connectivity index (χ0) is 17.8. The number of para-hydroxylation sites is 1. The van der Waals surface area contributed by atoms with Crippen LogP contribution in [0.2, 0.25) is 0 Å². The molecule has 2 aromatic carbocycles. The van der Waals surface area contributed by atoms with Crippen LogP contribution in [0.1, 0.15) is 25.3 Å². The van der Waals surface area contributed by atoms with E-state index in [1.165, 1.54) is 17.3 Å². The average molecular weight is 341 g/mol. The molecule has 2 aromatic rings. The normalized spacial score (nSPS) is 14.7. The number of piperazine rings is 1. The fourth-order valence-corrected chi connectivity index (χ4v) is 2.99. The molecule has 0 aliphatic carbocycles.